The number of carbonyl (C=O) groups excluding carboxylic acids is 2. The summed E-state index contributed by atoms with van der Waals surface area (Å²) in [6.45, 7) is 0. The summed E-state index contributed by atoms with van der Waals surface area (Å²) in [5, 5.41) is 11.0. The van der Waals surface area contributed by atoms with Crippen LogP contribution in [0.25, 0.3) is 6.08 Å². The predicted octanol–water partition coefficient (Wildman–Crippen LogP) is 1.20. The molecule has 23 heavy (non-hydrogen) atoms. The van der Waals surface area contributed by atoms with Gasteiger partial charge in [-0.1, -0.05) is 0 Å². The zero-order valence-corrected chi connectivity index (χ0v) is 13.4. The minimum Gasteiger partial charge on any atom is -0.496 e. The van der Waals surface area contributed by atoms with E-state index in [-0.39, 0.29) is 21.9 Å². The van der Waals surface area contributed by atoms with Crippen molar-refractivity contribution >= 4 is 40.9 Å². The zero-order chi connectivity index (χ0) is 17.3. The van der Waals surface area contributed by atoms with Gasteiger partial charge in [0.15, 0.2) is 5.11 Å². The van der Waals surface area contributed by atoms with Crippen molar-refractivity contribution in [3.05, 3.63) is 39.4 Å². The van der Waals surface area contributed by atoms with Gasteiger partial charge in [0.25, 0.3) is 17.5 Å². The van der Waals surface area contributed by atoms with E-state index in [1.165, 1.54) is 45.5 Å². The first kappa shape index (κ1) is 16.6. The molecule has 0 aromatic heterocycles. The molecular weight excluding hydrogens is 322 g/mol. The second kappa shape index (κ2) is 6.13. The predicted molar refractivity (Wildman–Crippen MR) is 85.8 cm³/mol. The Hall–Kier alpha value is -2.81. The maximum atomic E-state index is 12.3. The molecule has 0 spiro atoms. The number of nitro groups is 1. The standard InChI is InChI=1S/C14H13N3O5S/c1-15-12(18)10(13(19)16(2)14(15)23)7-8-6-9(17(20)21)4-5-11(8)22-3/h4-7H,1-3H3. The normalized spacial score (nSPS) is 15.1. The third kappa shape index (κ3) is 2.90. The van der Waals surface area contributed by atoms with E-state index in [4.69, 9.17) is 17.0 Å². The fourth-order valence-electron chi connectivity index (χ4n) is 2.08. The molecule has 8 nitrogen and oxygen atoms in total. The zero-order valence-electron chi connectivity index (χ0n) is 12.6. The number of likely N-dealkylation sites (N-methyl/N-ethyl adjacent to an activating group) is 2. The quantitative estimate of drug-likeness (QED) is 0.271. The number of hydrogen-bond acceptors (Lipinski definition) is 6. The molecule has 2 rings (SSSR count). The Kier molecular flexibility index (Phi) is 4.41. The number of benzene rings is 1. The Morgan fingerprint density at radius 1 is 1.22 bits per heavy atom. The number of carbonyl (C=O) groups is 2. The molecule has 0 bridgehead atoms. The van der Waals surface area contributed by atoms with Crippen LogP contribution in [-0.4, -0.2) is 52.9 Å². The van der Waals surface area contributed by atoms with Crippen LogP contribution in [-0.2, 0) is 9.59 Å². The highest BCUT2D eigenvalue weighted by Crippen LogP contribution is 2.27. The van der Waals surface area contributed by atoms with Crippen molar-refractivity contribution in [3.63, 3.8) is 0 Å². The lowest BCUT2D eigenvalue weighted by atomic mass is 10.1. The highest BCUT2D eigenvalue weighted by Gasteiger charge is 2.35. The molecule has 1 aromatic rings. The summed E-state index contributed by atoms with van der Waals surface area (Å²) in [6.07, 6.45) is 1.27. The molecule has 0 atom stereocenters. The molecule has 0 aliphatic carbocycles. The summed E-state index contributed by atoms with van der Waals surface area (Å²) in [5.74, 6) is -0.847. The number of amides is 2. The largest absolute Gasteiger partial charge is 0.496 e. The first-order valence-corrected chi connectivity index (χ1v) is 6.83. The SMILES string of the molecule is COc1ccc([N+](=O)[O-])cc1C=C1C(=O)N(C)C(=S)N(C)C1=O. The van der Waals surface area contributed by atoms with Crippen molar-refractivity contribution in [1.29, 1.82) is 0 Å². The number of nitrogens with zero attached hydrogens (tertiary/aromatic N) is 3. The van der Waals surface area contributed by atoms with Crippen LogP contribution in [0.3, 0.4) is 0 Å². The lowest BCUT2D eigenvalue weighted by molar-refractivity contribution is -0.384. The number of ether oxygens (including phenoxy) is 1. The van der Waals surface area contributed by atoms with Crippen LogP contribution in [0.4, 0.5) is 5.69 Å². The van der Waals surface area contributed by atoms with E-state index < -0.39 is 16.7 Å². The highest BCUT2D eigenvalue weighted by atomic mass is 32.1. The number of methoxy groups -OCH3 is 1. The van der Waals surface area contributed by atoms with Crippen LogP contribution >= 0.6 is 12.2 Å². The molecule has 120 valence electrons. The number of rotatable bonds is 3. The lowest BCUT2D eigenvalue weighted by Gasteiger charge is -2.31. The van der Waals surface area contributed by atoms with Gasteiger partial charge < -0.3 is 4.74 Å². The lowest BCUT2D eigenvalue weighted by Crippen LogP contribution is -2.52. The fraction of sp³-hybridized carbons (Fsp3) is 0.214. The van der Waals surface area contributed by atoms with Crippen molar-refractivity contribution in [2.45, 2.75) is 0 Å². The van der Waals surface area contributed by atoms with Crippen LogP contribution in [0.15, 0.2) is 23.8 Å². The highest BCUT2D eigenvalue weighted by molar-refractivity contribution is 7.80. The Labute approximate surface area is 137 Å². The van der Waals surface area contributed by atoms with Gasteiger partial charge in [-0.25, -0.2) is 0 Å². The summed E-state index contributed by atoms with van der Waals surface area (Å²) in [5.41, 5.74) is -0.0685. The minimum absolute atomic E-state index is 0.0863. The summed E-state index contributed by atoms with van der Waals surface area (Å²) in [6, 6.07) is 3.92. The molecule has 1 aliphatic rings. The van der Waals surface area contributed by atoms with E-state index in [0.29, 0.717) is 5.75 Å². The molecule has 2 amide bonds. The van der Waals surface area contributed by atoms with Crippen molar-refractivity contribution in [1.82, 2.24) is 9.80 Å². The molecule has 1 aliphatic heterocycles. The molecule has 1 fully saturated rings. The van der Waals surface area contributed by atoms with Crippen molar-refractivity contribution in [3.8, 4) is 5.75 Å². The number of non-ortho nitro benzene ring substituents is 1. The monoisotopic (exact) mass is 335 g/mol. The molecule has 1 aromatic carbocycles. The van der Waals surface area contributed by atoms with Crippen molar-refractivity contribution in [2.24, 2.45) is 0 Å². The third-order valence-corrected chi connectivity index (χ3v) is 3.92. The molecular formula is C14H13N3O5S. The van der Waals surface area contributed by atoms with Gasteiger partial charge in [-0.3, -0.25) is 29.5 Å². The molecule has 1 saturated heterocycles. The Morgan fingerprint density at radius 3 is 2.26 bits per heavy atom. The summed E-state index contributed by atoms with van der Waals surface area (Å²) in [4.78, 5) is 37.2. The molecule has 0 radical (unpaired) electrons. The second-order valence-corrected chi connectivity index (χ2v) is 5.12. The van der Waals surface area contributed by atoms with Gasteiger partial charge in [0, 0.05) is 31.8 Å². The Bertz CT molecular complexity index is 733. The minimum atomic E-state index is -0.577. The van der Waals surface area contributed by atoms with Gasteiger partial charge in [-0.15, -0.1) is 0 Å². The smallest absolute Gasteiger partial charge is 0.270 e. The Balaban J connectivity index is 2.57. The van der Waals surface area contributed by atoms with Crippen LogP contribution in [0.2, 0.25) is 0 Å². The van der Waals surface area contributed by atoms with E-state index in [1.807, 2.05) is 0 Å². The van der Waals surface area contributed by atoms with Gasteiger partial charge in [-0.2, -0.15) is 0 Å². The van der Waals surface area contributed by atoms with Gasteiger partial charge in [0.2, 0.25) is 0 Å². The first-order chi connectivity index (χ1) is 10.8. The molecule has 0 N–H and O–H groups in total. The third-order valence-electron chi connectivity index (χ3n) is 3.37. The average Bonchev–Trinajstić information content (AvgIpc) is 2.54. The summed E-state index contributed by atoms with van der Waals surface area (Å²) < 4.78 is 5.12. The van der Waals surface area contributed by atoms with E-state index in [0.717, 1.165) is 9.80 Å². The van der Waals surface area contributed by atoms with Crippen LogP contribution in [0.1, 0.15) is 5.56 Å². The van der Waals surface area contributed by atoms with Crippen LogP contribution in [0.5, 0.6) is 5.75 Å². The van der Waals surface area contributed by atoms with Gasteiger partial charge in [0.05, 0.1) is 12.0 Å². The summed E-state index contributed by atoms with van der Waals surface area (Å²) >= 11 is 5.00. The van der Waals surface area contributed by atoms with Crippen molar-refractivity contribution in [2.75, 3.05) is 21.2 Å². The van der Waals surface area contributed by atoms with E-state index >= 15 is 0 Å². The second-order valence-electron chi connectivity index (χ2n) is 4.75. The maximum Gasteiger partial charge on any atom is 0.270 e. The summed E-state index contributed by atoms with van der Waals surface area (Å²) in [7, 11) is 4.29. The number of hydrogen-bond donors (Lipinski definition) is 0. The fourth-order valence-corrected chi connectivity index (χ4v) is 2.24. The maximum absolute atomic E-state index is 12.3. The average molecular weight is 335 g/mol. The first-order valence-electron chi connectivity index (χ1n) is 6.42. The van der Waals surface area contributed by atoms with Crippen molar-refractivity contribution < 1.29 is 19.2 Å². The molecule has 9 heteroatoms. The van der Waals surface area contributed by atoms with Crippen LogP contribution < -0.4 is 4.74 Å². The topological polar surface area (TPSA) is 93.0 Å². The molecule has 0 saturated carbocycles. The van der Waals surface area contributed by atoms with E-state index in [1.54, 1.807) is 0 Å². The van der Waals surface area contributed by atoms with Gasteiger partial charge >= 0.3 is 0 Å². The van der Waals surface area contributed by atoms with Crippen LogP contribution in [0, 0.1) is 10.1 Å². The van der Waals surface area contributed by atoms with E-state index in [2.05, 4.69) is 0 Å². The Morgan fingerprint density at radius 2 is 1.78 bits per heavy atom. The number of thiocarbonyl (C=S) groups is 1. The molecule has 0 unspecified atom stereocenters. The van der Waals surface area contributed by atoms with Gasteiger partial charge in [0.1, 0.15) is 11.3 Å². The molecule has 1 heterocycles. The number of nitro benzene ring substituents is 1. The van der Waals surface area contributed by atoms with Gasteiger partial charge in [-0.05, 0) is 24.4 Å². The van der Waals surface area contributed by atoms with E-state index in [9.17, 15) is 19.7 Å².